The van der Waals surface area contributed by atoms with Crippen LogP contribution in [0.5, 0.6) is 5.75 Å². The van der Waals surface area contributed by atoms with E-state index < -0.39 is 5.97 Å². The largest absolute Gasteiger partial charge is 1.00 e. The summed E-state index contributed by atoms with van der Waals surface area (Å²) in [5.41, 5.74) is 3.82. The van der Waals surface area contributed by atoms with E-state index in [1.165, 1.54) is 12.0 Å². The number of halogens is 1. The average Bonchev–Trinajstić information content (AvgIpc) is 3.37. The molecule has 2 amide bonds. The predicted octanol–water partition coefficient (Wildman–Crippen LogP) is -0.0451. The lowest BCUT2D eigenvalue weighted by molar-refractivity contribution is -0.671. The van der Waals surface area contributed by atoms with Gasteiger partial charge in [0.2, 0.25) is 0 Å². The van der Waals surface area contributed by atoms with Crippen LogP contribution in [0.25, 0.3) is 11.0 Å². The highest BCUT2D eigenvalue weighted by Gasteiger charge is 2.38. The number of imidazole rings is 1. The van der Waals surface area contributed by atoms with Crippen LogP contribution in [-0.4, -0.2) is 52.7 Å². The Labute approximate surface area is 235 Å². The molecule has 0 bridgehead atoms. The topological polar surface area (TPSA) is 102 Å². The van der Waals surface area contributed by atoms with Crippen LogP contribution in [0.15, 0.2) is 66.7 Å². The number of amides is 2. The van der Waals surface area contributed by atoms with Crippen molar-refractivity contribution in [2.24, 2.45) is 0 Å². The van der Waals surface area contributed by atoms with Crippen molar-refractivity contribution in [1.29, 1.82) is 0 Å². The van der Waals surface area contributed by atoms with E-state index in [0.29, 0.717) is 35.5 Å². The van der Waals surface area contributed by atoms with E-state index in [9.17, 15) is 19.5 Å². The molecule has 39 heavy (non-hydrogen) atoms. The fraction of sp³-hybridized carbons (Fsp3) is 0.241. The molecule has 9 nitrogen and oxygen atoms in total. The van der Waals surface area contributed by atoms with Gasteiger partial charge in [-0.1, -0.05) is 24.3 Å². The fourth-order valence-electron chi connectivity index (χ4n) is 4.95. The second-order valence-corrected chi connectivity index (χ2v) is 8.90. The van der Waals surface area contributed by atoms with Gasteiger partial charge in [-0.3, -0.25) is 14.5 Å². The Morgan fingerprint density at radius 2 is 1.69 bits per heavy atom. The van der Waals surface area contributed by atoms with Crippen molar-refractivity contribution < 1.29 is 50.5 Å². The zero-order valence-corrected chi connectivity index (χ0v) is 23.2. The van der Waals surface area contributed by atoms with Crippen molar-refractivity contribution >= 4 is 28.8 Å². The lowest BCUT2D eigenvalue weighted by atomic mass is 10.1. The van der Waals surface area contributed by atoms with Gasteiger partial charge in [-0.2, -0.15) is 0 Å². The molecule has 0 aliphatic carbocycles. The number of nitrogens with zero attached hydrogens (tertiary/aromatic N) is 3. The first-order chi connectivity index (χ1) is 18.5. The highest BCUT2D eigenvalue weighted by molar-refractivity contribution is 6.21. The van der Waals surface area contributed by atoms with Crippen LogP contribution in [0.3, 0.4) is 0 Å². The van der Waals surface area contributed by atoms with Crippen molar-refractivity contribution in [2.45, 2.75) is 26.6 Å². The summed E-state index contributed by atoms with van der Waals surface area (Å²) in [6, 6.07) is 19.7. The van der Waals surface area contributed by atoms with Gasteiger partial charge in [0.25, 0.3) is 17.6 Å². The van der Waals surface area contributed by atoms with Crippen molar-refractivity contribution in [3.63, 3.8) is 0 Å². The van der Waals surface area contributed by atoms with Crippen LogP contribution < -0.4 is 26.3 Å². The number of hydrogen-bond acceptors (Lipinski definition) is 6. The number of esters is 1. The summed E-state index contributed by atoms with van der Waals surface area (Å²) in [6.45, 7) is 3.10. The summed E-state index contributed by atoms with van der Waals surface area (Å²) < 4.78 is 14.6. The van der Waals surface area contributed by atoms with E-state index in [0.717, 1.165) is 22.4 Å². The van der Waals surface area contributed by atoms with Crippen molar-refractivity contribution in [3.05, 3.63) is 94.8 Å². The SMILES string of the molecule is CCn1c(CN2C(=O)c3ccccc3C2=O)[n+](Cc2cccc(C(=O)OC)c2)c2ccc(OCCO)cc21.[Br-]. The first-order valence-corrected chi connectivity index (χ1v) is 12.4. The number of aromatic nitrogens is 2. The second-order valence-electron chi connectivity index (χ2n) is 8.90. The van der Waals surface area contributed by atoms with Crippen LogP contribution in [0.4, 0.5) is 0 Å². The number of carbonyl (C=O) groups excluding carboxylic acids is 3. The first-order valence-electron chi connectivity index (χ1n) is 12.4. The molecule has 2 heterocycles. The van der Waals surface area contributed by atoms with E-state index in [1.807, 2.05) is 31.2 Å². The molecule has 1 aromatic heterocycles. The first kappa shape index (κ1) is 28.0. The Morgan fingerprint density at radius 1 is 0.974 bits per heavy atom. The number of imide groups is 1. The third-order valence-corrected chi connectivity index (χ3v) is 6.69. The molecule has 4 aromatic rings. The van der Waals surface area contributed by atoms with Crippen LogP contribution in [-0.2, 0) is 24.4 Å². The average molecular weight is 594 g/mol. The number of aryl methyl sites for hydroxylation is 1. The Morgan fingerprint density at radius 3 is 2.33 bits per heavy atom. The maximum atomic E-state index is 13.2. The molecular weight excluding hydrogens is 566 g/mol. The number of aliphatic hydroxyl groups is 1. The molecule has 1 N–H and O–H groups in total. The van der Waals surface area contributed by atoms with Gasteiger partial charge in [-0.05, 0) is 48.9 Å². The summed E-state index contributed by atoms with van der Waals surface area (Å²) in [7, 11) is 1.34. The third-order valence-electron chi connectivity index (χ3n) is 6.69. The van der Waals surface area contributed by atoms with Gasteiger partial charge in [-0.15, -0.1) is 0 Å². The van der Waals surface area contributed by atoms with E-state index in [2.05, 4.69) is 9.13 Å². The highest BCUT2D eigenvalue weighted by Crippen LogP contribution is 2.27. The summed E-state index contributed by atoms with van der Waals surface area (Å²) in [6.07, 6.45) is 0. The molecule has 0 saturated heterocycles. The molecule has 3 aromatic carbocycles. The molecular formula is C29H28BrN3O6. The molecule has 0 radical (unpaired) electrons. The summed E-state index contributed by atoms with van der Waals surface area (Å²) >= 11 is 0. The fourth-order valence-corrected chi connectivity index (χ4v) is 4.95. The van der Waals surface area contributed by atoms with Crippen molar-refractivity contribution in [1.82, 2.24) is 9.47 Å². The maximum Gasteiger partial charge on any atom is 0.337 e. The number of hydrogen-bond donors (Lipinski definition) is 1. The van der Waals surface area contributed by atoms with Crippen LogP contribution in [0.1, 0.15) is 49.4 Å². The molecule has 0 fully saturated rings. The normalized spacial score (nSPS) is 12.4. The molecule has 0 saturated carbocycles. The number of benzene rings is 3. The van der Waals surface area contributed by atoms with Gasteiger partial charge < -0.3 is 31.6 Å². The Kier molecular flexibility index (Phi) is 8.47. The minimum absolute atomic E-state index is 0. The van der Waals surface area contributed by atoms with Crippen LogP contribution in [0.2, 0.25) is 0 Å². The number of aliphatic hydroxyl groups excluding tert-OH is 1. The molecule has 1 aliphatic rings. The Bertz CT molecular complexity index is 1530. The van der Waals surface area contributed by atoms with Crippen molar-refractivity contribution in [3.8, 4) is 5.75 Å². The van der Waals surface area contributed by atoms with Gasteiger partial charge in [0.1, 0.15) is 25.4 Å². The lowest BCUT2D eigenvalue weighted by Crippen LogP contribution is -3.00. The highest BCUT2D eigenvalue weighted by atomic mass is 79.9. The molecule has 0 atom stereocenters. The Balaban J connectivity index is 0.00000353. The monoisotopic (exact) mass is 593 g/mol. The number of methoxy groups -OCH3 is 1. The van der Waals surface area contributed by atoms with E-state index >= 15 is 0 Å². The number of fused-ring (bicyclic) bond motifs is 2. The minimum Gasteiger partial charge on any atom is -1.00 e. The number of ether oxygens (including phenoxy) is 2. The van der Waals surface area contributed by atoms with Gasteiger partial charge in [-0.25, -0.2) is 13.9 Å². The summed E-state index contributed by atoms with van der Waals surface area (Å²) in [5, 5.41) is 9.18. The standard InChI is InChI=1S/C29H28N3O6.BrH/c1-3-30-25-16-21(38-14-13-33)11-12-24(25)31(17-19-7-6-8-20(15-19)29(36)37-2)26(30)18-32-27(34)22-9-4-5-10-23(22)28(32)35;/h4-12,15-16,33H,3,13-14,17-18H2,1-2H3;1H/q+1;/p-1. The molecule has 10 heteroatoms. The van der Waals surface area contributed by atoms with Crippen molar-refractivity contribution in [2.75, 3.05) is 20.3 Å². The van der Waals surface area contributed by atoms with Crippen LogP contribution in [0, 0.1) is 0 Å². The van der Waals surface area contributed by atoms with E-state index in [-0.39, 0.29) is 48.6 Å². The minimum atomic E-state index is -0.426. The molecule has 0 unspecified atom stereocenters. The zero-order valence-electron chi connectivity index (χ0n) is 21.6. The van der Waals surface area contributed by atoms with Crippen LogP contribution >= 0.6 is 0 Å². The third kappa shape index (κ3) is 5.17. The van der Waals surface area contributed by atoms with E-state index in [4.69, 9.17) is 9.47 Å². The smallest absolute Gasteiger partial charge is 0.337 e. The quantitative estimate of drug-likeness (QED) is 0.166. The summed E-state index contributed by atoms with van der Waals surface area (Å²) in [5.74, 6) is 0.268. The zero-order chi connectivity index (χ0) is 26.8. The lowest BCUT2D eigenvalue weighted by Gasteiger charge is -2.13. The number of carbonyl (C=O) groups is 3. The van der Waals surface area contributed by atoms with Gasteiger partial charge >= 0.3 is 5.97 Å². The molecule has 1 aliphatic heterocycles. The molecule has 0 spiro atoms. The second kappa shape index (κ2) is 11.8. The summed E-state index contributed by atoms with van der Waals surface area (Å²) in [4.78, 5) is 39.8. The molecule has 5 rings (SSSR count). The maximum absolute atomic E-state index is 13.2. The Hall–Kier alpha value is -4.02. The molecule has 202 valence electrons. The van der Waals surface area contributed by atoms with Gasteiger partial charge in [0, 0.05) is 6.07 Å². The predicted molar refractivity (Wildman–Crippen MR) is 138 cm³/mol. The number of rotatable bonds is 9. The van der Waals surface area contributed by atoms with E-state index in [1.54, 1.807) is 42.5 Å². The van der Waals surface area contributed by atoms with Gasteiger partial charge in [0.15, 0.2) is 11.0 Å². The van der Waals surface area contributed by atoms with Gasteiger partial charge in [0.05, 0.1) is 37.0 Å².